The van der Waals surface area contributed by atoms with Crippen LogP contribution in [0.25, 0.3) is 0 Å². The molecule has 1 aliphatic carbocycles. The van der Waals surface area contributed by atoms with Crippen molar-refractivity contribution in [3.8, 4) is 11.5 Å². The summed E-state index contributed by atoms with van der Waals surface area (Å²) in [5.41, 5.74) is 0.622. The minimum atomic E-state index is 0.0214. The van der Waals surface area contributed by atoms with Gasteiger partial charge in [-0.2, -0.15) is 0 Å². The van der Waals surface area contributed by atoms with Crippen molar-refractivity contribution >= 4 is 29.1 Å². The fourth-order valence-electron chi connectivity index (χ4n) is 2.92. The minimum Gasteiger partial charge on any atom is -0.497 e. The van der Waals surface area contributed by atoms with Crippen LogP contribution < -0.4 is 9.47 Å². The zero-order valence-corrected chi connectivity index (χ0v) is 17.4. The summed E-state index contributed by atoms with van der Waals surface area (Å²) in [6, 6.07) is 14.9. The number of para-hydroxylation sites is 1. The van der Waals surface area contributed by atoms with E-state index in [0.29, 0.717) is 28.1 Å². The highest BCUT2D eigenvalue weighted by atomic mass is 35.5. The van der Waals surface area contributed by atoms with Crippen LogP contribution in [0.15, 0.2) is 53.7 Å². The number of Topliss-reactive ketones (excluding diaryl/α,β-unsaturated/α-hetero) is 1. The number of thioether (sulfide) groups is 1. The standard InChI is InChI=1S/C21H20ClN3O3S/c1-27-16-6-4-5-14(11-16)18(26)13-29-21-24-23-20(25(21)15-9-10-15)12-28-19-8-3-2-7-17(19)22/h2-8,11,15H,9-10,12-13H2,1H3. The number of ether oxygens (including phenoxy) is 2. The number of hydrogen-bond acceptors (Lipinski definition) is 6. The molecule has 3 aromatic rings. The van der Waals surface area contributed by atoms with Crippen molar-refractivity contribution in [3.05, 3.63) is 64.9 Å². The van der Waals surface area contributed by atoms with Crippen LogP contribution in [0.5, 0.6) is 11.5 Å². The lowest BCUT2D eigenvalue weighted by atomic mass is 10.1. The Balaban J connectivity index is 1.44. The Morgan fingerprint density at radius 2 is 2.03 bits per heavy atom. The highest BCUT2D eigenvalue weighted by molar-refractivity contribution is 7.99. The molecule has 0 radical (unpaired) electrons. The SMILES string of the molecule is COc1cccc(C(=O)CSc2nnc(COc3ccccc3Cl)n2C2CC2)c1. The van der Waals surface area contributed by atoms with Gasteiger partial charge in [-0.15, -0.1) is 10.2 Å². The summed E-state index contributed by atoms with van der Waals surface area (Å²) in [6.07, 6.45) is 2.16. The zero-order valence-electron chi connectivity index (χ0n) is 15.9. The van der Waals surface area contributed by atoms with Crippen LogP contribution in [0, 0.1) is 0 Å². The van der Waals surface area contributed by atoms with Crippen molar-refractivity contribution in [1.29, 1.82) is 0 Å². The number of benzene rings is 2. The summed E-state index contributed by atoms with van der Waals surface area (Å²) in [5, 5.41) is 9.89. The maximum atomic E-state index is 12.6. The van der Waals surface area contributed by atoms with Gasteiger partial charge in [0.05, 0.1) is 17.9 Å². The van der Waals surface area contributed by atoms with E-state index in [4.69, 9.17) is 21.1 Å². The van der Waals surface area contributed by atoms with Crippen LogP contribution in [0.1, 0.15) is 35.1 Å². The van der Waals surface area contributed by atoms with Gasteiger partial charge in [0.25, 0.3) is 0 Å². The Bertz CT molecular complexity index is 1020. The van der Waals surface area contributed by atoms with Crippen molar-refractivity contribution < 1.29 is 14.3 Å². The largest absolute Gasteiger partial charge is 0.497 e. The average Bonchev–Trinajstić information content (AvgIpc) is 3.51. The molecule has 29 heavy (non-hydrogen) atoms. The smallest absolute Gasteiger partial charge is 0.192 e. The van der Waals surface area contributed by atoms with Gasteiger partial charge in [0.1, 0.15) is 18.1 Å². The normalized spacial score (nSPS) is 13.3. The molecule has 0 aliphatic heterocycles. The second-order valence-electron chi connectivity index (χ2n) is 6.66. The summed E-state index contributed by atoms with van der Waals surface area (Å²) < 4.78 is 13.1. The monoisotopic (exact) mass is 429 g/mol. The van der Waals surface area contributed by atoms with Crippen molar-refractivity contribution in [1.82, 2.24) is 14.8 Å². The van der Waals surface area contributed by atoms with E-state index in [1.165, 1.54) is 11.8 Å². The predicted molar refractivity (Wildman–Crippen MR) is 112 cm³/mol. The molecule has 1 heterocycles. The third kappa shape index (κ3) is 4.74. The molecule has 0 amide bonds. The molecular weight excluding hydrogens is 410 g/mol. The van der Waals surface area contributed by atoms with E-state index in [-0.39, 0.29) is 18.1 Å². The van der Waals surface area contributed by atoms with E-state index in [9.17, 15) is 4.79 Å². The van der Waals surface area contributed by atoms with Gasteiger partial charge in [-0.1, -0.05) is 47.6 Å². The Hall–Kier alpha value is -2.51. The number of halogens is 1. The van der Waals surface area contributed by atoms with Crippen molar-refractivity contribution in [2.75, 3.05) is 12.9 Å². The fourth-order valence-corrected chi connectivity index (χ4v) is 4.03. The first kappa shape index (κ1) is 19.8. The van der Waals surface area contributed by atoms with Gasteiger partial charge in [-0.25, -0.2) is 0 Å². The third-order valence-corrected chi connectivity index (χ3v) is 5.82. The van der Waals surface area contributed by atoms with Crippen LogP contribution in [0.4, 0.5) is 0 Å². The molecule has 0 unspecified atom stereocenters. The Morgan fingerprint density at radius 3 is 2.79 bits per heavy atom. The molecule has 150 valence electrons. The lowest BCUT2D eigenvalue weighted by Gasteiger charge is -2.10. The van der Waals surface area contributed by atoms with E-state index in [1.54, 1.807) is 25.3 Å². The number of methoxy groups -OCH3 is 1. The zero-order chi connectivity index (χ0) is 20.2. The fraction of sp³-hybridized carbons (Fsp3) is 0.286. The van der Waals surface area contributed by atoms with Gasteiger partial charge in [-0.3, -0.25) is 9.36 Å². The van der Waals surface area contributed by atoms with Gasteiger partial charge in [0.15, 0.2) is 16.8 Å². The van der Waals surface area contributed by atoms with Gasteiger partial charge in [-0.05, 0) is 37.1 Å². The van der Waals surface area contributed by atoms with Gasteiger partial charge in [0.2, 0.25) is 0 Å². The molecule has 0 bridgehead atoms. The second-order valence-corrected chi connectivity index (χ2v) is 8.01. The Kier molecular flexibility index (Phi) is 6.06. The predicted octanol–water partition coefficient (Wildman–Crippen LogP) is 4.83. The molecule has 1 aliphatic rings. The number of aromatic nitrogens is 3. The summed E-state index contributed by atoms with van der Waals surface area (Å²) >= 11 is 7.55. The van der Waals surface area contributed by atoms with E-state index < -0.39 is 0 Å². The number of ketones is 1. The number of hydrogen-bond donors (Lipinski definition) is 0. The van der Waals surface area contributed by atoms with Crippen molar-refractivity contribution in [2.24, 2.45) is 0 Å². The Morgan fingerprint density at radius 1 is 1.21 bits per heavy atom. The van der Waals surface area contributed by atoms with Crippen molar-refractivity contribution in [3.63, 3.8) is 0 Å². The van der Waals surface area contributed by atoms with Crippen LogP contribution in [0.3, 0.4) is 0 Å². The number of carbonyl (C=O) groups excluding carboxylic acids is 1. The second kappa shape index (κ2) is 8.88. The molecule has 0 spiro atoms. The van der Waals surface area contributed by atoms with E-state index in [0.717, 1.165) is 23.8 Å². The molecule has 0 saturated heterocycles. The number of carbonyl (C=O) groups is 1. The summed E-state index contributed by atoms with van der Waals surface area (Å²) in [4.78, 5) is 12.6. The van der Waals surface area contributed by atoms with Gasteiger partial charge >= 0.3 is 0 Å². The molecule has 8 heteroatoms. The first-order chi connectivity index (χ1) is 14.2. The molecule has 1 fully saturated rings. The lowest BCUT2D eigenvalue weighted by molar-refractivity contribution is 0.102. The highest BCUT2D eigenvalue weighted by Crippen LogP contribution is 2.39. The number of rotatable bonds is 9. The highest BCUT2D eigenvalue weighted by Gasteiger charge is 2.30. The molecule has 4 rings (SSSR count). The van der Waals surface area contributed by atoms with Crippen LogP contribution in [0.2, 0.25) is 5.02 Å². The first-order valence-corrected chi connectivity index (χ1v) is 10.6. The van der Waals surface area contributed by atoms with Crippen LogP contribution >= 0.6 is 23.4 Å². The number of nitrogens with zero attached hydrogens (tertiary/aromatic N) is 3. The lowest BCUT2D eigenvalue weighted by Crippen LogP contribution is -2.08. The Labute approximate surface area is 178 Å². The molecular formula is C21H20ClN3O3S. The quantitative estimate of drug-likeness (QED) is 0.358. The maximum absolute atomic E-state index is 12.6. The van der Waals surface area contributed by atoms with Gasteiger partial charge < -0.3 is 9.47 Å². The summed E-state index contributed by atoms with van der Waals surface area (Å²) in [7, 11) is 1.59. The first-order valence-electron chi connectivity index (χ1n) is 9.27. The third-order valence-electron chi connectivity index (χ3n) is 4.56. The van der Waals surface area contributed by atoms with E-state index >= 15 is 0 Å². The summed E-state index contributed by atoms with van der Waals surface area (Å²) in [5.74, 6) is 2.32. The molecule has 2 aromatic carbocycles. The molecule has 1 saturated carbocycles. The minimum absolute atomic E-state index is 0.0214. The molecule has 1 aromatic heterocycles. The maximum Gasteiger partial charge on any atom is 0.192 e. The van der Waals surface area contributed by atoms with Crippen LogP contribution in [-0.4, -0.2) is 33.4 Å². The molecule has 0 atom stereocenters. The van der Waals surface area contributed by atoms with Crippen LogP contribution in [-0.2, 0) is 6.61 Å². The van der Waals surface area contributed by atoms with Gasteiger partial charge in [0, 0.05) is 11.6 Å². The topological polar surface area (TPSA) is 66.2 Å². The van der Waals surface area contributed by atoms with E-state index in [1.807, 2.05) is 30.3 Å². The van der Waals surface area contributed by atoms with E-state index in [2.05, 4.69) is 14.8 Å². The molecule has 6 nitrogen and oxygen atoms in total. The molecule has 0 N–H and O–H groups in total. The summed E-state index contributed by atoms with van der Waals surface area (Å²) in [6.45, 7) is 0.275. The van der Waals surface area contributed by atoms with Crippen molar-refractivity contribution in [2.45, 2.75) is 30.6 Å². The average molecular weight is 430 g/mol.